The molecule has 31 heteroatoms. The van der Waals surface area contributed by atoms with Crippen LogP contribution in [0.25, 0.3) is 0 Å². The zero-order chi connectivity index (χ0) is 85.2. The van der Waals surface area contributed by atoms with Crippen molar-refractivity contribution in [1.29, 1.82) is 0 Å². The summed E-state index contributed by atoms with van der Waals surface area (Å²) in [7, 11) is 6.07. The van der Waals surface area contributed by atoms with E-state index in [1.165, 1.54) is 125 Å². The number of anilines is 4. The number of hydrogen-bond donors (Lipinski definition) is 0. The van der Waals surface area contributed by atoms with E-state index in [0.717, 1.165) is 3.57 Å². The van der Waals surface area contributed by atoms with E-state index in [1.54, 1.807) is 158 Å². The third-order valence-electron chi connectivity index (χ3n) is 17.0. The van der Waals surface area contributed by atoms with Gasteiger partial charge in [0, 0.05) is 78.3 Å². The second-order valence-electron chi connectivity index (χ2n) is 24.7. The number of aromatic nitrogens is 4. The van der Waals surface area contributed by atoms with Gasteiger partial charge in [-0.05, 0) is 217 Å². The molecule has 119 heavy (non-hydrogen) atoms. The fourth-order valence-corrected chi connectivity index (χ4v) is 11.7. The molecule has 4 heterocycles. The Labute approximate surface area is 696 Å². The summed E-state index contributed by atoms with van der Waals surface area (Å²) >= 11 is 2.21. The molecular weight excluding hydrogens is 1660 g/mol. The molecule has 4 amide bonds. The predicted octanol–water partition coefficient (Wildman–Crippen LogP) is 19.8. The van der Waals surface area contributed by atoms with Crippen LogP contribution in [0.5, 0.6) is 92.5 Å². The molecule has 0 aliphatic heterocycles. The summed E-state index contributed by atoms with van der Waals surface area (Å²) < 4.78 is 144. The van der Waals surface area contributed by atoms with E-state index in [1.807, 2.05) is 42.5 Å². The quantitative estimate of drug-likeness (QED) is 0.0281. The van der Waals surface area contributed by atoms with E-state index in [4.69, 9.17) is 56.8 Å². The van der Waals surface area contributed by atoms with Gasteiger partial charge in [0.25, 0.3) is 0 Å². The summed E-state index contributed by atoms with van der Waals surface area (Å²) in [6, 6.07) is 61.2. The van der Waals surface area contributed by atoms with Crippen molar-refractivity contribution in [3.05, 3.63) is 287 Å². The maximum Gasteiger partial charge on any atom is 0.243 e. The minimum absolute atomic E-state index is 0.0243. The Morgan fingerprint density at radius 3 is 0.866 bits per heavy atom. The van der Waals surface area contributed by atoms with Crippen molar-refractivity contribution < 1.29 is 102 Å². The Kier molecular flexibility index (Phi) is 34.0. The smallest absolute Gasteiger partial charge is 0.243 e. The van der Waals surface area contributed by atoms with E-state index >= 15 is 0 Å². The fraction of sp³-hybridized carbons (Fsp3) is 0.182. The van der Waals surface area contributed by atoms with Crippen molar-refractivity contribution in [2.24, 2.45) is 0 Å². The Bertz CT molecular complexity index is 5160. The van der Waals surface area contributed by atoms with E-state index in [9.17, 15) is 45.5 Å². The van der Waals surface area contributed by atoms with Gasteiger partial charge in [-0.2, -0.15) is 0 Å². The number of pyridine rings is 4. The van der Waals surface area contributed by atoms with Gasteiger partial charge in [-0.25, -0.2) is 46.3 Å². The number of halogens is 7. The van der Waals surface area contributed by atoms with Crippen LogP contribution in [0.3, 0.4) is 0 Å². The Morgan fingerprint density at radius 2 is 0.580 bits per heavy atom. The van der Waals surface area contributed by atoms with Crippen LogP contribution in [0, 0.1) is 15.2 Å². The van der Waals surface area contributed by atoms with Crippen molar-refractivity contribution in [2.75, 3.05) is 75.5 Å². The average molecular weight is 1740 g/mol. The first-order valence-corrected chi connectivity index (χ1v) is 37.1. The number of benzene rings is 8. The standard InChI is InChI=1S/2C22H20F2N2O4.C22H20FIN2O4.C22H21FN2O4/c1-15(27)26(13-16-12-19(28-2)9-10-21(16)29-14-23)20-4-3-11-25-22(20)30-18-7-5-17(24)6-8-18;1-15(27)26(13-16-12-17(28-2)9-10-20(16)29-14-23)19-7-5-11-25-22(19)30-21-8-4-3-6-18(21)24;1-15(27)26(13-16-12-19(28-2)9-10-21(16)29-14-23)20-4-3-11-25-22(20)30-18-7-5-17(24)6-8-18;1-16(26)25(14-17-13-19(27-2)10-11-21(17)28-15-23)20-9-6-12-24-22(20)29-18-7-4-3-5-8-18/h3*3-12H,13-14H2,1-2H3;3-13H,14-15H2,1-2H3/i4*23-1. The number of methoxy groups -OCH3 is 4. The SMILES string of the molecule is COc1ccc(OC[18F])c(CN(C(C)=O)c2cccnc2Oc2ccc(F)cc2)c1.COc1ccc(OC[18F])c(CN(C(C)=O)c2cccnc2Oc2ccc(I)cc2)c1.COc1ccc(OC[18F])c(CN(C(C)=O)c2cccnc2Oc2ccccc2)c1.COc1ccc(OC[18F])c(CN(C(C)=O)c2cccnc2Oc2ccccc2F)c1. The van der Waals surface area contributed by atoms with Crippen molar-refractivity contribution in [3.8, 4) is 92.5 Å². The summed E-state index contributed by atoms with van der Waals surface area (Å²) in [5.41, 5.74) is 3.92. The van der Waals surface area contributed by atoms with Crippen LogP contribution in [0.1, 0.15) is 49.9 Å². The molecule has 0 N–H and O–H groups in total. The van der Waals surface area contributed by atoms with E-state index in [2.05, 4.69) is 42.5 Å². The Morgan fingerprint density at radius 1 is 0.311 bits per heavy atom. The van der Waals surface area contributed by atoms with Crippen LogP contribution in [0.15, 0.2) is 249 Å². The number of hydrogen-bond acceptors (Lipinski definition) is 20. The zero-order valence-corrected chi connectivity index (χ0v) is 67.7. The summed E-state index contributed by atoms with van der Waals surface area (Å²) in [4.78, 5) is 72.7. The molecule has 0 radical (unpaired) electrons. The van der Waals surface area contributed by atoms with E-state index in [-0.39, 0.29) is 90.6 Å². The molecule has 0 saturated heterocycles. The molecule has 12 rings (SSSR count). The number of rotatable bonds is 32. The number of ether oxygens (including phenoxy) is 12. The highest BCUT2D eigenvalue weighted by molar-refractivity contribution is 14.1. The molecule has 0 aliphatic rings. The van der Waals surface area contributed by atoms with E-state index < -0.39 is 39.1 Å². The normalized spacial score (nSPS) is 10.4. The van der Waals surface area contributed by atoms with Gasteiger partial charge < -0.3 is 76.4 Å². The molecule has 8 aromatic carbocycles. The van der Waals surface area contributed by atoms with Gasteiger partial charge in [0.1, 0.15) is 91.8 Å². The average Bonchev–Trinajstić information content (AvgIpc) is 0.816. The fourth-order valence-electron chi connectivity index (χ4n) is 11.3. The molecule has 0 atom stereocenters. The molecule has 0 bridgehead atoms. The lowest BCUT2D eigenvalue weighted by molar-refractivity contribution is -0.117. The molecule has 0 fully saturated rings. The van der Waals surface area contributed by atoms with Crippen LogP contribution in [-0.4, -0.2) is 99.4 Å². The van der Waals surface area contributed by atoms with Gasteiger partial charge in [-0.1, -0.05) is 30.3 Å². The van der Waals surface area contributed by atoms with Crippen LogP contribution < -0.4 is 76.4 Å². The minimum atomic E-state index is -1.02. The second kappa shape index (κ2) is 45.4. The monoisotopic (exact) mass is 1740 g/mol. The van der Waals surface area contributed by atoms with Crippen LogP contribution in [0.2, 0.25) is 0 Å². The summed E-state index contributed by atoms with van der Waals surface area (Å²) in [5.74, 6) is 3.69. The first-order chi connectivity index (χ1) is 57.7. The highest BCUT2D eigenvalue weighted by atomic mass is 127. The van der Waals surface area contributed by atoms with Crippen LogP contribution >= 0.6 is 22.6 Å². The van der Waals surface area contributed by atoms with Crippen molar-refractivity contribution in [3.63, 3.8) is 0 Å². The van der Waals surface area contributed by atoms with Gasteiger partial charge in [-0.15, -0.1) is 0 Å². The number of carbonyl (C=O) groups is 4. The predicted molar refractivity (Wildman–Crippen MR) is 441 cm³/mol. The molecule has 0 aliphatic carbocycles. The Balaban J connectivity index is 0.000000181. The van der Waals surface area contributed by atoms with Crippen molar-refractivity contribution in [1.82, 2.24) is 19.9 Å². The van der Waals surface area contributed by atoms with Crippen LogP contribution in [-0.2, 0) is 45.4 Å². The minimum Gasteiger partial charge on any atom is -0.497 e. The number of nitrogens with zero attached hydrogens (tertiary/aromatic N) is 8. The molecule has 12 aromatic rings. The molecule has 0 spiro atoms. The number of amides is 4. The Hall–Kier alpha value is -13.9. The van der Waals surface area contributed by atoms with Crippen molar-refractivity contribution in [2.45, 2.75) is 53.9 Å². The third kappa shape index (κ3) is 25.8. The molecule has 0 unspecified atom stereocenters. The lowest BCUT2D eigenvalue weighted by Crippen LogP contribution is -2.28. The largest absolute Gasteiger partial charge is 0.497 e. The van der Waals surface area contributed by atoms with Gasteiger partial charge in [-0.3, -0.25) is 19.2 Å². The number of carbonyl (C=O) groups excluding carboxylic acids is 4. The summed E-state index contributed by atoms with van der Waals surface area (Å²) in [6.45, 7) is 2.00. The lowest BCUT2D eigenvalue weighted by atomic mass is 10.1. The maximum atomic E-state index is 14.0. The first-order valence-electron chi connectivity index (χ1n) is 36.1. The molecule has 618 valence electrons. The summed E-state index contributed by atoms with van der Waals surface area (Å²) in [5, 5.41) is 0. The van der Waals surface area contributed by atoms with Gasteiger partial charge in [0.05, 0.1) is 54.6 Å². The molecule has 24 nitrogen and oxygen atoms in total. The van der Waals surface area contributed by atoms with Gasteiger partial charge in [0.2, 0.25) is 74.6 Å². The first kappa shape index (κ1) is 89.1. The highest BCUT2D eigenvalue weighted by Gasteiger charge is 2.27. The maximum absolute atomic E-state index is 14.0. The van der Waals surface area contributed by atoms with Crippen LogP contribution in [0.4, 0.5) is 49.1 Å². The molecule has 0 saturated carbocycles. The number of alkyl halides is 4. The van der Waals surface area contributed by atoms with Gasteiger partial charge >= 0.3 is 0 Å². The molecule has 4 aromatic heterocycles. The summed E-state index contributed by atoms with van der Waals surface area (Å²) in [6.07, 6.45) is 6.17. The zero-order valence-electron chi connectivity index (χ0n) is 65.6. The van der Waals surface area contributed by atoms with Crippen molar-refractivity contribution >= 4 is 69.0 Å². The highest BCUT2D eigenvalue weighted by Crippen LogP contribution is 2.40. The number of para-hydroxylation sites is 2. The van der Waals surface area contributed by atoms with Gasteiger partial charge in [0.15, 0.2) is 11.6 Å². The third-order valence-corrected chi connectivity index (χ3v) is 17.7. The topological polar surface area (TPSA) is 244 Å². The van der Waals surface area contributed by atoms with E-state index in [0.29, 0.717) is 96.7 Å². The molecular formula is C88H81F6IN8O16. The lowest BCUT2D eigenvalue weighted by Gasteiger charge is -2.24. The second-order valence-corrected chi connectivity index (χ2v) is 25.9.